The number of ether oxygens (including phenoxy) is 1. The van der Waals surface area contributed by atoms with Gasteiger partial charge in [0.15, 0.2) is 0 Å². The van der Waals surface area contributed by atoms with Crippen LogP contribution in [0.15, 0.2) is 0 Å². The molecule has 0 aromatic rings. The number of carbonyl (C=O) groups excluding carboxylic acids is 2. The van der Waals surface area contributed by atoms with Gasteiger partial charge >= 0.3 is 5.97 Å². The first-order valence-corrected chi connectivity index (χ1v) is 8.51. The van der Waals surface area contributed by atoms with Gasteiger partial charge in [0.2, 0.25) is 5.91 Å². The van der Waals surface area contributed by atoms with E-state index in [4.69, 9.17) is 4.74 Å². The zero-order chi connectivity index (χ0) is 15.9. The summed E-state index contributed by atoms with van der Waals surface area (Å²) in [5.41, 5.74) is 0. The molecular weight excluding hydrogens is 266 g/mol. The summed E-state index contributed by atoms with van der Waals surface area (Å²) in [6.45, 7) is 4.78. The molecular formula is C17H33NO3. The van der Waals surface area contributed by atoms with Crippen molar-refractivity contribution >= 4 is 11.9 Å². The van der Waals surface area contributed by atoms with Gasteiger partial charge in [-0.2, -0.15) is 0 Å². The maximum absolute atomic E-state index is 11.9. The molecule has 0 N–H and O–H groups in total. The van der Waals surface area contributed by atoms with Crippen LogP contribution < -0.4 is 0 Å². The molecule has 4 heteroatoms. The molecule has 124 valence electrons. The van der Waals surface area contributed by atoms with Crippen molar-refractivity contribution in [2.24, 2.45) is 0 Å². The minimum atomic E-state index is -0.307. The second-order valence-electron chi connectivity index (χ2n) is 5.70. The Bertz CT molecular complexity index is 279. The SMILES string of the molecule is CCCCCCCCCC(=O)N(C)CC(=O)OCCCC. The first kappa shape index (κ1) is 19.9. The summed E-state index contributed by atoms with van der Waals surface area (Å²) >= 11 is 0. The summed E-state index contributed by atoms with van der Waals surface area (Å²) in [6.07, 6.45) is 10.8. The summed E-state index contributed by atoms with van der Waals surface area (Å²) < 4.78 is 5.05. The average Bonchev–Trinajstić information content (AvgIpc) is 2.46. The lowest BCUT2D eigenvalue weighted by atomic mass is 10.1. The van der Waals surface area contributed by atoms with E-state index in [0.717, 1.165) is 25.7 Å². The molecule has 0 atom stereocenters. The molecule has 4 nitrogen and oxygen atoms in total. The van der Waals surface area contributed by atoms with Crippen molar-refractivity contribution in [3.05, 3.63) is 0 Å². The summed E-state index contributed by atoms with van der Waals surface area (Å²) in [4.78, 5) is 24.8. The van der Waals surface area contributed by atoms with Gasteiger partial charge in [-0.1, -0.05) is 58.8 Å². The number of rotatable bonds is 13. The van der Waals surface area contributed by atoms with Gasteiger partial charge in [0, 0.05) is 13.5 Å². The quantitative estimate of drug-likeness (QED) is 0.382. The molecule has 0 unspecified atom stereocenters. The largest absolute Gasteiger partial charge is 0.464 e. The van der Waals surface area contributed by atoms with Crippen LogP contribution in [-0.2, 0) is 14.3 Å². The zero-order valence-electron chi connectivity index (χ0n) is 14.2. The fraction of sp³-hybridized carbons (Fsp3) is 0.882. The van der Waals surface area contributed by atoms with E-state index in [2.05, 4.69) is 6.92 Å². The van der Waals surface area contributed by atoms with Crippen molar-refractivity contribution < 1.29 is 14.3 Å². The minimum Gasteiger partial charge on any atom is -0.464 e. The molecule has 0 spiro atoms. The van der Waals surface area contributed by atoms with Crippen molar-refractivity contribution in [2.45, 2.75) is 78.1 Å². The molecule has 0 aromatic heterocycles. The Morgan fingerprint density at radius 2 is 1.43 bits per heavy atom. The van der Waals surface area contributed by atoms with Crippen LogP contribution in [0.3, 0.4) is 0 Å². The van der Waals surface area contributed by atoms with Crippen LogP contribution in [-0.4, -0.2) is 37.0 Å². The van der Waals surface area contributed by atoms with E-state index >= 15 is 0 Å². The third-order valence-corrected chi connectivity index (χ3v) is 3.55. The van der Waals surface area contributed by atoms with Crippen LogP contribution in [0, 0.1) is 0 Å². The highest BCUT2D eigenvalue weighted by Crippen LogP contribution is 2.09. The lowest BCUT2D eigenvalue weighted by Gasteiger charge is -2.16. The fourth-order valence-corrected chi connectivity index (χ4v) is 2.08. The molecule has 0 saturated heterocycles. The van der Waals surface area contributed by atoms with Crippen molar-refractivity contribution in [3.63, 3.8) is 0 Å². The van der Waals surface area contributed by atoms with Crippen molar-refractivity contribution in [1.82, 2.24) is 4.90 Å². The van der Waals surface area contributed by atoms with E-state index in [1.54, 1.807) is 7.05 Å². The molecule has 0 aliphatic rings. The van der Waals surface area contributed by atoms with Crippen LogP contribution in [0.2, 0.25) is 0 Å². The van der Waals surface area contributed by atoms with Gasteiger partial charge in [-0.05, 0) is 12.8 Å². The highest BCUT2D eigenvalue weighted by molar-refractivity contribution is 5.81. The van der Waals surface area contributed by atoms with Gasteiger partial charge in [0.05, 0.1) is 6.61 Å². The van der Waals surface area contributed by atoms with Gasteiger partial charge in [-0.15, -0.1) is 0 Å². The number of carbonyl (C=O) groups is 2. The Morgan fingerprint density at radius 1 is 0.857 bits per heavy atom. The van der Waals surface area contributed by atoms with Crippen LogP contribution in [0.5, 0.6) is 0 Å². The van der Waals surface area contributed by atoms with E-state index in [-0.39, 0.29) is 18.4 Å². The maximum atomic E-state index is 11.9. The van der Waals surface area contributed by atoms with E-state index in [9.17, 15) is 9.59 Å². The van der Waals surface area contributed by atoms with Crippen LogP contribution in [0.1, 0.15) is 78.1 Å². The van der Waals surface area contributed by atoms with Gasteiger partial charge in [-0.25, -0.2) is 0 Å². The summed E-state index contributed by atoms with van der Waals surface area (Å²) in [5.74, 6) is -0.269. The predicted molar refractivity (Wildman–Crippen MR) is 86.1 cm³/mol. The number of amides is 1. The summed E-state index contributed by atoms with van der Waals surface area (Å²) in [5, 5.41) is 0. The third-order valence-electron chi connectivity index (χ3n) is 3.55. The van der Waals surface area contributed by atoms with Crippen molar-refractivity contribution in [2.75, 3.05) is 20.2 Å². The number of nitrogens with zero attached hydrogens (tertiary/aromatic N) is 1. The molecule has 0 aliphatic carbocycles. The third kappa shape index (κ3) is 12.4. The average molecular weight is 299 g/mol. The zero-order valence-corrected chi connectivity index (χ0v) is 14.2. The molecule has 0 rings (SSSR count). The first-order chi connectivity index (χ1) is 10.1. The predicted octanol–water partition coefficient (Wildman–Crippen LogP) is 3.93. The molecule has 1 amide bonds. The molecule has 0 saturated carbocycles. The van der Waals surface area contributed by atoms with Gasteiger partial charge in [0.25, 0.3) is 0 Å². The molecule has 0 aromatic carbocycles. The lowest BCUT2D eigenvalue weighted by Crippen LogP contribution is -2.33. The summed E-state index contributed by atoms with van der Waals surface area (Å²) in [7, 11) is 1.67. The molecule has 0 radical (unpaired) electrons. The van der Waals surface area contributed by atoms with E-state index < -0.39 is 0 Å². The van der Waals surface area contributed by atoms with Gasteiger partial charge in [0.1, 0.15) is 6.54 Å². The number of likely N-dealkylation sites (N-methyl/N-ethyl adjacent to an activating group) is 1. The standard InChI is InChI=1S/C17H33NO3/c1-4-6-8-9-10-11-12-13-16(19)18(3)15-17(20)21-14-7-5-2/h4-15H2,1-3H3. The Kier molecular flexibility index (Phi) is 13.2. The molecule has 21 heavy (non-hydrogen) atoms. The number of esters is 1. The number of hydrogen-bond donors (Lipinski definition) is 0. The Hall–Kier alpha value is -1.06. The normalized spacial score (nSPS) is 10.4. The second kappa shape index (κ2) is 13.9. The van der Waals surface area contributed by atoms with Crippen molar-refractivity contribution in [1.29, 1.82) is 0 Å². The highest BCUT2D eigenvalue weighted by atomic mass is 16.5. The Morgan fingerprint density at radius 3 is 2.05 bits per heavy atom. The Balaban J connectivity index is 3.58. The second-order valence-corrected chi connectivity index (χ2v) is 5.70. The fourth-order valence-electron chi connectivity index (χ4n) is 2.08. The molecule has 0 bridgehead atoms. The Labute approximate surface area is 130 Å². The summed E-state index contributed by atoms with van der Waals surface area (Å²) in [6, 6.07) is 0. The van der Waals surface area contributed by atoms with Crippen LogP contribution in [0.25, 0.3) is 0 Å². The highest BCUT2D eigenvalue weighted by Gasteiger charge is 2.13. The van der Waals surface area contributed by atoms with Crippen LogP contribution in [0.4, 0.5) is 0 Å². The van der Waals surface area contributed by atoms with E-state index in [1.807, 2.05) is 6.92 Å². The molecule has 0 fully saturated rings. The minimum absolute atomic E-state index is 0.0380. The maximum Gasteiger partial charge on any atom is 0.325 e. The van der Waals surface area contributed by atoms with Gasteiger partial charge in [-0.3, -0.25) is 9.59 Å². The molecule has 0 heterocycles. The lowest BCUT2D eigenvalue weighted by molar-refractivity contribution is -0.148. The number of hydrogen-bond acceptors (Lipinski definition) is 3. The van der Waals surface area contributed by atoms with E-state index in [1.165, 1.54) is 37.0 Å². The van der Waals surface area contributed by atoms with Crippen molar-refractivity contribution in [3.8, 4) is 0 Å². The smallest absolute Gasteiger partial charge is 0.325 e. The topological polar surface area (TPSA) is 46.6 Å². The monoisotopic (exact) mass is 299 g/mol. The molecule has 0 aliphatic heterocycles. The van der Waals surface area contributed by atoms with Gasteiger partial charge < -0.3 is 9.64 Å². The van der Waals surface area contributed by atoms with Crippen LogP contribution >= 0.6 is 0 Å². The first-order valence-electron chi connectivity index (χ1n) is 8.51. The number of unbranched alkanes of at least 4 members (excludes halogenated alkanes) is 7. The van der Waals surface area contributed by atoms with E-state index in [0.29, 0.717) is 13.0 Å².